The van der Waals surface area contributed by atoms with E-state index in [1.807, 2.05) is 0 Å². The van der Waals surface area contributed by atoms with Gasteiger partial charge in [0.15, 0.2) is 5.41 Å². The number of rotatable bonds is 2. The molecule has 0 spiro atoms. The van der Waals surface area contributed by atoms with Crippen LogP contribution in [0.25, 0.3) is 10.9 Å². The molecule has 94 valence electrons. The number of aryl methyl sites for hydroxylation is 1. The van der Waals surface area contributed by atoms with Crippen molar-refractivity contribution in [1.29, 1.82) is 0 Å². The second-order valence-corrected chi connectivity index (χ2v) is 4.58. The molecule has 4 nitrogen and oxygen atoms in total. The third kappa shape index (κ3) is 1.12. The van der Waals surface area contributed by atoms with E-state index in [1.165, 1.54) is 4.68 Å². The van der Waals surface area contributed by atoms with Crippen LogP contribution in [0.4, 0.5) is 8.78 Å². The largest absolute Gasteiger partial charge is 0.480 e. The molecule has 3 rings (SSSR count). The maximum Gasteiger partial charge on any atom is 0.322 e. The van der Waals surface area contributed by atoms with Crippen LogP contribution in [0.15, 0.2) is 24.3 Å². The first kappa shape index (κ1) is 11.1. The number of carbonyl (C=O) groups is 1. The van der Waals surface area contributed by atoms with Crippen molar-refractivity contribution in [2.75, 3.05) is 0 Å². The van der Waals surface area contributed by atoms with Crippen molar-refractivity contribution < 1.29 is 18.7 Å². The van der Waals surface area contributed by atoms with Crippen LogP contribution in [0.1, 0.15) is 12.1 Å². The summed E-state index contributed by atoms with van der Waals surface area (Å²) in [4.78, 5) is 11.2. The molecule has 2 aromatic rings. The molecule has 6 heteroatoms. The van der Waals surface area contributed by atoms with E-state index >= 15 is 0 Å². The van der Waals surface area contributed by atoms with Crippen LogP contribution < -0.4 is 0 Å². The van der Waals surface area contributed by atoms with Crippen molar-refractivity contribution in [1.82, 2.24) is 9.78 Å². The lowest BCUT2D eigenvalue weighted by Gasteiger charge is -2.08. The summed E-state index contributed by atoms with van der Waals surface area (Å²) in [6.07, 6.45) is -0.684. The quantitative estimate of drug-likeness (QED) is 0.888. The van der Waals surface area contributed by atoms with Crippen LogP contribution in [-0.4, -0.2) is 26.8 Å². The molecule has 1 aliphatic carbocycles. The Labute approximate surface area is 101 Å². The predicted molar refractivity (Wildman–Crippen MR) is 59.6 cm³/mol. The Morgan fingerprint density at radius 2 is 2.06 bits per heavy atom. The first-order valence-corrected chi connectivity index (χ1v) is 5.43. The zero-order valence-electron chi connectivity index (χ0n) is 9.52. The van der Waals surface area contributed by atoms with E-state index in [0.717, 1.165) is 0 Å². The minimum Gasteiger partial charge on any atom is -0.480 e. The SMILES string of the molecule is Cn1nc(C2(C(=O)O)CC2(F)F)c2ccccc21. The van der Waals surface area contributed by atoms with Gasteiger partial charge in [0.25, 0.3) is 5.92 Å². The molecule has 1 unspecified atom stereocenters. The normalized spacial score (nSPS) is 25.3. The standard InChI is InChI=1S/C12H10F2N2O2/c1-16-8-5-3-2-4-7(8)9(15-16)11(10(17)18)6-12(11,13)14/h2-5H,6H2,1H3,(H,17,18). The first-order chi connectivity index (χ1) is 8.40. The number of halogens is 2. The van der Waals surface area contributed by atoms with Gasteiger partial charge in [0.2, 0.25) is 0 Å². The highest BCUT2D eigenvalue weighted by molar-refractivity contribution is 5.94. The van der Waals surface area contributed by atoms with Crippen LogP contribution in [0, 0.1) is 0 Å². The van der Waals surface area contributed by atoms with E-state index in [9.17, 15) is 13.6 Å². The molecule has 1 aromatic heterocycles. The molecule has 1 N–H and O–H groups in total. The van der Waals surface area contributed by atoms with Crippen molar-refractivity contribution in [3.05, 3.63) is 30.0 Å². The van der Waals surface area contributed by atoms with Crippen molar-refractivity contribution in [2.24, 2.45) is 7.05 Å². The maximum atomic E-state index is 13.5. The van der Waals surface area contributed by atoms with E-state index in [4.69, 9.17) is 5.11 Å². The molecule has 18 heavy (non-hydrogen) atoms. The summed E-state index contributed by atoms with van der Waals surface area (Å²) in [6, 6.07) is 6.79. The van der Waals surface area contributed by atoms with Gasteiger partial charge in [-0.15, -0.1) is 0 Å². The maximum absolute atomic E-state index is 13.5. The number of hydrogen-bond donors (Lipinski definition) is 1. The second kappa shape index (κ2) is 3.07. The Morgan fingerprint density at radius 1 is 1.44 bits per heavy atom. The number of aliphatic carboxylic acids is 1. The van der Waals surface area contributed by atoms with Crippen LogP contribution in [0.3, 0.4) is 0 Å². The summed E-state index contributed by atoms with van der Waals surface area (Å²) < 4.78 is 28.4. The van der Waals surface area contributed by atoms with E-state index in [-0.39, 0.29) is 5.69 Å². The first-order valence-electron chi connectivity index (χ1n) is 5.43. The minimum absolute atomic E-state index is 0.0434. The van der Waals surface area contributed by atoms with Crippen molar-refractivity contribution >= 4 is 16.9 Å². The smallest absolute Gasteiger partial charge is 0.322 e. The molecular formula is C12H10F2N2O2. The van der Waals surface area contributed by atoms with Gasteiger partial charge in [0.1, 0.15) is 0 Å². The fraction of sp³-hybridized carbons (Fsp3) is 0.333. The minimum atomic E-state index is -3.23. The number of para-hydroxylation sites is 1. The highest BCUT2D eigenvalue weighted by Gasteiger charge is 2.79. The molecule has 0 radical (unpaired) electrons. The molecule has 1 aromatic carbocycles. The van der Waals surface area contributed by atoms with Gasteiger partial charge in [-0.25, -0.2) is 8.78 Å². The lowest BCUT2D eigenvalue weighted by molar-refractivity contribution is -0.143. The number of aromatic nitrogens is 2. The Morgan fingerprint density at radius 3 is 2.61 bits per heavy atom. The zero-order chi connectivity index (χ0) is 13.1. The molecule has 1 atom stereocenters. The molecule has 0 bridgehead atoms. The third-order valence-electron chi connectivity index (χ3n) is 3.51. The molecule has 1 heterocycles. The number of carboxylic acids is 1. The van der Waals surface area contributed by atoms with Gasteiger partial charge in [-0.1, -0.05) is 18.2 Å². The van der Waals surface area contributed by atoms with Gasteiger partial charge in [-0.05, 0) is 6.07 Å². The Hall–Kier alpha value is -1.98. The fourth-order valence-electron chi connectivity index (χ4n) is 2.41. The summed E-state index contributed by atoms with van der Waals surface area (Å²) in [7, 11) is 1.61. The Bertz CT molecular complexity index is 665. The van der Waals surface area contributed by atoms with E-state index in [2.05, 4.69) is 5.10 Å². The van der Waals surface area contributed by atoms with Gasteiger partial charge in [-0.3, -0.25) is 9.48 Å². The summed E-state index contributed by atoms with van der Waals surface area (Å²) >= 11 is 0. The van der Waals surface area contributed by atoms with E-state index in [0.29, 0.717) is 10.9 Å². The molecule has 0 aliphatic heterocycles. The van der Waals surface area contributed by atoms with Crippen LogP contribution >= 0.6 is 0 Å². The molecule has 0 amide bonds. The van der Waals surface area contributed by atoms with Gasteiger partial charge >= 0.3 is 5.97 Å². The summed E-state index contributed by atoms with van der Waals surface area (Å²) in [6.45, 7) is 0. The van der Waals surface area contributed by atoms with Crippen molar-refractivity contribution in [3.8, 4) is 0 Å². The number of alkyl halides is 2. The monoisotopic (exact) mass is 252 g/mol. The topological polar surface area (TPSA) is 55.1 Å². The summed E-state index contributed by atoms with van der Waals surface area (Å²) in [5, 5.41) is 13.6. The summed E-state index contributed by atoms with van der Waals surface area (Å²) in [5.74, 6) is -4.74. The molecule has 1 aliphatic rings. The number of hydrogen-bond acceptors (Lipinski definition) is 2. The molecule has 0 saturated heterocycles. The van der Waals surface area contributed by atoms with Crippen LogP contribution in [0.2, 0.25) is 0 Å². The van der Waals surface area contributed by atoms with Gasteiger partial charge < -0.3 is 5.11 Å². The fourth-order valence-corrected chi connectivity index (χ4v) is 2.41. The Balaban J connectivity index is 2.31. The predicted octanol–water partition coefficient (Wildman–Crippen LogP) is 1.93. The average molecular weight is 252 g/mol. The van der Waals surface area contributed by atoms with Gasteiger partial charge in [-0.2, -0.15) is 5.10 Å². The van der Waals surface area contributed by atoms with E-state index < -0.39 is 23.7 Å². The van der Waals surface area contributed by atoms with Crippen LogP contribution in [0.5, 0.6) is 0 Å². The lowest BCUT2D eigenvalue weighted by Crippen LogP contribution is -2.28. The molecule has 1 fully saturated rings. The molecular weight excluding hydrogens is 242 g/mol. The third-order valence-corrected chi connectivity index (χ3v) is 3.51. The van der Waals surface area contributed by atoms with Gasteiger partial charge in [0, 0.05) is 18.9 Å². The Kier molecular flexibility index (Phi) is 1.90. The number of fused-ring (bicyclic) bond motifs is 1. The number of benzene rings is 1. The van der Waals surface area contributed by atoms with Crippen LogP contribution in [-0.2, 0) is 17.3 Å². The number of nitrogens with zero attached hydrogens (tertiary/aromatic N) is 2. The summed E-state index contributed by atoms with van der Waals surface area (Å²) in [5.41, 5.74) is -1.55. The number of carboxylic acid groups (broad SMARTS) is 1. The van der Waals surface area contributed by atoms with Crippen molar-refractivity contribution in [2.45, 2.75) is 17.8 Å². The zero-order valence-corrected chi connectivity index (χ0v) is 9.52. The average Bonchev–Trinajstić information content (AvgIpc) is 2.74. The van der Waals surface area contributed by atoms with E-state index in [1.54, 1.807) is 31.3 Å². The van der Waals surface area contributed by atoms with Gasteiger partial charge in [0.05, 0.1) is 11.2 Å². The molecule has 1 saturated carbocycles. The lowest BCUT2D eigenvalue weighted by atomic mass is 9.98. The second-order valence-electron chi connectivity index (χ2n) is 4.58. The highest BCUT2D eigenvalue weighted by Crippen LogP contribution is 2.62. The van der Waals surface area contributed by atoms with Crippen molar-refractivity contribution in [3.63, 3.8) is 0 Å². The highest BCUT2D eigenvalue weighted by atomic mass is 19.3.